The summed E-state index contributed by atoms with van der Waals surface area (Å²) >= 11 is 0. The van der Waals surface area contributed by atoms with Gasteiger partial charge in [0.05, 0.1) is 0 Å². The molecule has 0 aliphatic rings. The average molecular weight is 325 g/mol. The number of benzene rings is 1. The van der Waals surface area contributed by atoms with Crippen LogP contribution < -0.4 is 0 Å². The van der Waals surface area contributed by atoms with Gasteiger partial charge in [-0.1, -0.05) is 73.9 Å². The topological polar surface area (TPSA) is 0 Å². The molecule has 1 rings (SSSR count). The van der Waals surface area contributed by atoms with Crippen molar-refractivity contribution < 1.29 is 0 Å². The second-order valence-electron chi connectivity index (χ2n) is 6.59. The Labute approximate surface area is 150 Å². The van der Waals surface area contributed by atoms with E-state index < -0.39 is 0 Å². The van der Waals surface area contributed by atoms with Crippen molar-refractivity contribution >= 4 is 0 Å². The van der Waals surface area contributed by atoms with Crippen molar-refractivity contribution in [3.63, 3.8) is 0 Å². The Kier molecular flexibility index (Phi) is 9.45. The van der Waals surface area contributed by atoms with Gasteiger partial charge in [-0.25, -0.2) is 0 Å². The normalized spacial score (nSPS) is 13.5. The summed E-state index contributed by atoms with van der Waals surface area (Å²) in [6.45, 7) is 13.2. The highest BCUT2D eigenvalue weighted by Crippen LogP contribution is 2.21. The summed E-state index contributed by atoms with van der Waals surface area (Å²) in [7, 11) is 0. The first-order valence-electron chi connectivity index (χ1n) is 9.63. The maximum Gasteiger partial charge on any atom is -0.00671 e. The Bertz CT molecular complexity index is 498. The van der Waals surface area contributed by atoms with Gasteiger partial charge in [0.15, 0.2) is 0 Å². The van der Waals surface area contributed by atoms with Crippen LogP contribution in [-0.2, 0) is 19.3 Å². The predicted octanol–water partition coefficient (Wildman–Crippen LogP) is 7.38. The molecule has 0 N–H and O–H groups in total. The molecule has 1 aromatic carbocycles. The maximum atomic E-state index is 2.42. The van der Waals surface area contributed by atoms with E-state index in [1.165, 1.54) is 33.4 Å². The third-order valence-corrected chi connectivity index (χ3v) is 4.99. The molecule has 0 aliphatic heterocycles. The second kappa shape index (κ2) is 11.1. The lowest BCUT2D eigenvalue weighted by molar-refractivity contribution is 0.955. The zero-order chi connectivity index (χ0) is 17.9. The quantitative estimate of drug-likeness (QED) is 0.415. The molecule has 0 saturated carbocycles. The van der Waals surface area contributed by atoms with Crippen LogP contribution in [0.15, 0.2) is 53.1 Å². The highest BCUT2D eigenvalue weighted by molar-refractivity contribution is 5.36. The van der Waals surface area contributed by atoms with Crippen LogP contribution in [0.3, 0.4) is 0 Å². The predicted molar refractivity (Wildman–Crippen MR) is 110 cm³/mol. The fourth-order valence-electron chi connectivity index (χ4n) is 3.23. The Balaban J connectivity index is 3.17. The molecule has 0 aliphatic carbocycles. The van der Waals surface area contributed by atoms with Crippen molar-refractivity contribution in [2.24, 2.45) is 0 Å². The van der Waals surface area contributed by atoms with Gasteiger partial charge in [0.2, 0.25) is 0 Å². The summed E-state index contributed by atoms with van der Waals surface area (Å²) in [5.74, 6) is 0. The Morgan fingerprint density at radius 2 is 0.833 bits per heavy atom. The fourth-order valence-corrected chi connectivity index (χ4v) is 3.23. The summed E-state index contributed by atoms with van der Waals surface area (Å²) in [6, 6.07) is 7.26. The maximum absolute atomic E-state index is 2.42. The van der Waals surface area contributed by atoms with E-state index in [2.05, 4.69) is 78.0 Å². The van der Waals surface area contributed by atoms with E-state index in [1.54, 1.807) is 0 Å². The van der Waals surface area contributed by atoms with Crippen LogP contribution >= 0.6 is 0 Å². The van der Waals surface area contributed by atoms with Crippen LogP contribution in [0.1, 0.15) is 77.5 Å². The average Bonchev–Trinajstić information content (AvgIpc) is 2.61. The van der Waals surface area contributed by atoms with Gasteiger partial charge in [-0.05, 0) is 76.0 Å². The Morgan fingerprint density at radius 3 is 1.00 bits per heavy atom. The first kappa shape index (κ1) is 20.5. The molecule has 0 bridgehead atoms. The lowest BCUT2D eigenvalue weighted by Crippen LogP contribution is -1.99. The van der Waals surface area contributed by atoms with Gasteiger partial charge in [-0.15, -0.1) is 0 Å². The number of hydrogen-bond acceptors (Lipinski definition) is 0. The summed E-state index contributed by atoms with van der Waals surface area (Å²) in [5.41, 5.74) is 8.99. The molecule has 0 amide bonds. The second-order valence-corrected chi connectivity index (χ2v) is 6.59. The van der Waals surface area contributed by atoms with Crippen LogP contribution in [0.4, 0.5) is 0 Å². The van der Waals surface area contributed by atoms with Gasteiger partial charge in [0, 0.05) is 0 Å². The largest absolute Gasteiger partial charge is 0.0881 e. The van der Waals surface area contributed by atoms with Gasteiger partial charge in [-0.3, -0.25) is 0 Å². The molecule has 0 spiro atoms. The SMILES string of the molecule is C/C=C(/CC)Cc1cc(C/C(=C\C)CC)cc(C/C(=C/C)CC)c1. The summed E-state index contributed by atoms with van der Waals surface area (Å²) in [5, 5.41) is 0. The molecule has 0 nitrogen and oxygen atoms in total. The molecule has 0 fully saturated rings. The molecule has 0 atom stereocenters. The van der Waals surface area contributed by atoms with E-state index in [4.69, 9.17) is 0 Å². The van der Waals surface area contributed by atoms with Crippen molar-refractivity contribution in [1.82, 2.24) is 0 Å². The van der Waals surface area contributed by atoms with E-state index in [1.807, 2.05) is 0 Å². The number of hydrogen-bond donors (Lipinski definition) is 0. The summed E-state index contributed by atoms with van der Waals surface area (Å²) in [4.78, 5) is 0. The highest BCUT2D eigenvalue weighted by atomic mass is 14.1. The van der Waals surface area contributed by atoms with Crippen molar-refractivity contribution in [3.05, 3.63) is 69.8 Å². The molecule has 0 heteroatoms. The van der Waals surface area contributed by atoms with E-state index in [9.17, 15) is 0 Å². The highest BCUT2D eigenvalue weighted by Gasteiger charge is 2.06. The monoisotopic (exact) mass is 324 g/mol. The third kappa shape index (κ3) is 6.51. The smallest absolute Gasteiger partial charge is 0.00671 e. The molecular weight excluding hydrogens is 288 g/mol. The van der Waals surface area contributed by atoms with Crippen molar-refractivity contribution in [2.75, 3.05) is 0 Å². The van der Waals surface area contributed by atoms with Crippen LogP contribution in [0, 0.1) is 0 Å². The zero-order valence-electron chi connectivity index (χ0n) is 16.7. The molecule has 0 radical (unpaired) electrons. The minimum atomic E-state index is 1.09. The summed E-state index contributed by atoms with van der Waals surface area (Å²) < 4.78 is 0. The minimum absolute atomic E-state index is 1.09. The van der Waals surface area contributed by atoms with Crippen LogP contribution in [-0.4, -0.2) is 0 Å². The van der Waals surface area contributed by atoms with Gasteiger partial charge in [-0.2, -0.15) is 0 Å². The molecule has 0 heterocycles. The summed E-state index contributed by atoms with van der Waals surface area (Å²) in [6.07, 6.45) is 13.5. The van der Waals surface area contributed by atoms with Gasteiger partial charge < -0.3 is 0 Å². The van der Waals surface area contributed by atoms with Crippen molar-refractivity contribution in [3.8, 4) is 0 Å². The van der Waals surface area contributed by atoms with E-state index >= 15 is 0 Å². The number of rotatable bonds is 9. The molecule has 24 heavy (non-hydrogen) atoms. The van der Waals surface area contributed by atoms with Gasteiger partial charge >= 0.3 is 0 Å². The van der Waals surface area contributed by atoms with Crippen molar-refractivity contribution in [1.29, 1.82) is 0 Å². The van der Waals surface area contributed by atoms with E-state index in [0.29, 0.717) is 0 Å². The van der Waals surface area contributed by atoms with Crippen LogP contribution in [0.5, 0.6) is 0 Å². The molecule has 0 unspecified atom stereocenters. The first-order chi connectivity index (χ1) is 11.6. The lowest BCUT2D eigenvalue weighted by Gasteiger charge is -2.13. The number of allylic oxidation sites excluding steroid dienone is 6. The van der Waals surface area contributed by atoms with Gasteiger partial charge in [0.1, 0.15) is 0 Å². The van der Waals surface area contributed by atoms with Crippen LogP contribution in [0.25, 0.3) is 0 Å². The third-order valence-electron chi connectivity index (χ3n) is 4.99. The minimum Gasteiger partial charge on any atom is -0.0881 e. The lowest BCUT2D eigenvalue weighted by atomic mass is 9.92. The Morgan fingerprint density at radius 1 is 0.583 bits per heavy atom. The van der Waals surface area contributed by atoms with Gasteiger partial charge in [0.25, 0.3) is 0 Å². The molecule has 1 aromatic rings. The zero-order valence-corrected chi connectivity index (χ0v) is 16.7. The molecule has 0 saturated heterocycles. The molecule has 0 aromatic heterocycles. The van der Waals surface area contributed by atoms with Crippen molar-refractivity contribution in [2.45, 2.75) is 80.1 Å². The Hall–Kier alpha value is -1.56. The van der Waals surface area contributed by atoms with E-state index in [-0.39, 0.29) is 0 Å². The fraction of sp³-hybridized carbons (Fsp3) is 0.500. The molecule has 132 valence electrons. The standard InChI is InChI=1S/C24H36/c1-7-19(8-2)13-22-16-23(14-20(9-3)10-4)18-24(17-22)15-21(11-5)12-6/h7,9,11,16-18H,8,10,12-15H2,1-6H3/b19-7-,20-9-,21-11+. The van der Waals surface area contributed by atoms with Crippen LogP contribution in [0.2, 0.25) is 0 Å². The first-order valence-corrected chi connectivity index (χ1v) is 9.63. The molecular formula is C24H36. The van der Waals surface area contributed by atoms with E-state index in [0.717, 1.165) is 38.5 Å².